The molecule has 0 saturated carbocycles. The van der Waals surface area contributed by atoms with Crippen molar-refractivity contribution in [1.82, 2.24) is 16.0 Å². The zero-order valence-electron chi connectivity index (χ0n) is 16.2. The summed E-state index contributed by atoms with van der Waals surface area (Å²) in [4.78, 5) is 58.7. The maximum Gasteiger partial charge on any atom is 0.325 e. The van der Waals surface area contributed by atoms with E-state index in [4.69, 9.17) is 15.9 Å². The van der Waals surface area contributed by atoms with Gasteiger partial charge in [-0.05, 0) is 31.8 Å². The Morgan fingerprint density at radius 3 is 1.97 bits per heavy atom. The second-order valence-electron chi connectivity index (χ2n) is 6.19. The number of aliphatic carboxylic acids is 2. The van der Waals surface area contributed by atoms with Gasteiger partial charge in [-0.25, -0.2) is 0 Å². The Morgan fingerprint density at radius 1 is 0.966 bits per heavy atom. The van der Waals surface area contributed by atoms with Crippen LogP contribution in [-0.4, -0.2) is 81.8 Å². The Kier molecular flexibility index (Phi) is 13.1. The number of carboxylic acid groups (broad SMARTS) is 2. The molecular formula is C16H28N4O7S2. The molecule has 0 spiro atoms. The molecule has 166 valence electrons. The molecular weight excluding hydrogens is 424 g/mol. The van der Waals surface area contributed by atoms with E-state index in [1.54, 1.807) is 0 Å². The second kappa shape index (κ2) is 14.1. The highest BCUT2D eigenvalue weighted by Crippen LogP contribution is 2.05. The minimum atomic E-state index is -1.28. The molecule has 0 aromatic heterocycles. The number of rotatable bonds is 14. The van der Waals surface area contributed by atoms with Crippen molar-refractivity contribution in [2.45, 2.75) is 50.4 Å². The van der Waals surface area contributed by atoms with E-state index in [0.29, 0.717) is 5.75 Å². The van der Waals surface area contributed by atoms with E-state index < -0.39 is 60.2 Å². The molecule has 0 radical (unpaired) electrons. The summed E-state index contributed by atoms with van der Waals surface area (Å²) in [6, 6.07) is -4.44. The van der Waals surface area contributed by atoms with Crippen LogP contribution in [0, 0.1) is 0 Å². The monoisotopic (exact) mass is 452 g/mol. The summed E-state index contributed by atoms with van der Waals surface area (Å²) in [6.45, 7) is 1.23. The van der Waals surface area contributed by atoms with Gasteiger partial charge in [0, 0.05) is 12.2 Å². The third kappa shape index (κ3) is 10.9. The Hall–Kier alpha value is -1.99. The van der Waals surface area contributed by atoms with Crippen molar-refractivity contribution in [3.63, 3.8) is 0 Å². The van der Waals surface area contributed by atoms with Gasteiger partial charge in [-0.2, -0.15) is 24.4 Å². The van der Waals surface area contributed by atoms with E-state index >= 15 is 0 Å². The SMILES string of the molecule is CSCCC(NC(=O)C(N)CS)C(=O)NC(CCC(=O)O)C(=O)NC(C)C(=O)O. The zero-order valence-corrected chi connectivity index (χ0v) is 17.9. The molecule has 11 nitrogen and oxygen atoms in total. The van der Waals surface area contributed by atoms with E-state index in [1.807, 2.05) is 6.26 Å². The van der Waals surface area contributed by atoms with E-state index in [-0.39, 0.29) is 18.6 Å². The van der Waals surface area contributed by atoms with Crippen LogP contribution in [0.3, 0.4) is 0 Å². The lowest BCUT2D eigenvalue weighted by Gasteiger charge is -2.24. The Labute approximate surface area is 178 Å². The number of amides is 3. The number of hydrogen-bond acceptors (Lipinski definition) is 8. The van der Waals surface area contributed by atoms with E-state index in [0.717, 1.165) is 0 Å². The number of carbonyl (C=O) groups excluding carboxylic acids is 3. The van der Waals surface area contributed by atoms with Crippen LogP contribution >= 0.6 is 24.4 Å². The third-order valence-electron chi connectivity index (χ3n) is 3.79. The summed E-state index contributed by atoms with van der Waals surface area (Å²) in [5, 5.41) is 24.8. The first-order valence-corrected chi connectivity index (χ1v) is 10.8. The first-order valence-electron chi connectivity index (χ1n) is 8.74. The van der Waals surface area contributed by atoms with Crippen LogP contribution in [0.5, 0.6) is 0 Å². The minimum Gasteiger partial charge on any atom is -0.481 e. The number of carbonyl (C=O) groups is 5. The molecule has 3 amide bonds. The molecule has 0 aliphatic heterocycles. The summed E-state index contributed by atoms with van der Waals surface area (Å²) in [5.74, 6) is -4.01. The van der Waals surface area contributed by atoms with Crippen LogP contribution in [0.15, 0.2) is 0 Å². The standard InChI is InChI=1S/C16H28N4O7S2/c1-8(16(26)27)18-14(24)10(3-4-12(21)22)20-15(25)11(5-6-29-2)19-13(23)9(17)7-28/h8-11,28H,3-7,17H2,1-2H3,(H,18,24)(H,19,23)(H,20,25)(H,21,22)(H,26,27). The number of thioether (sulfide) groups is 1. The van der Waals surface area contributed by atoms with E-state index in [2.05, 4.69) is 28.6 Å². The van der Waals surface area contributed by atoms with Crippen LogP contribution in [0.2, 0.25) is 0 Å². The lowest BCUT2D eigenvalue weighted by Crippen LogP contribution is -2.57. The number of hydrogen-bond donors (Lipinski definition) is 7. The van der Waals surface area contributed by atoms with Crippen LogP contribution < -0.4 is 21.7 Å². The molecule has 13 heteroatoms. The summed E-state index contributed by atoms with van der Waals surface area (Å²) in [6.07, 6.45) is 1.38. The van der Waals surface area contributed by atoms with E-state index in [9.17, 15) is 24.0 Å². The van der Waals surface area contributed by atoms with Gasteiger partial charge in [0.1, 0.15) is 18.1 Å². The first-order chi connectivity index (χ1) is 13.5. The molecule has 0 fully saturated rings. The highest BCUT2D eigenvalue weighted by molar-refractivity contribution is 7.98. The molecule has 0 bridgehead atoms. The summed E-state index contributed by atoms with van der Waals surface area (Å²) >= 11 is 5.37. The number of nitrogens with one attached hydrogen (secondary N) is 3. The van der Waals surface area contributed by atoms with Gasteiger partial charge in [0.05, 0.1) is 6.04 Å². The molecule has 4 atom stereocenters. The summed E-state index contributed by atoms with van der Waals surface area (Å²) in [5.41, 5.74) is 5.60. The molecule has 29 heavy (non-hydrogen) atoms. The normalized spacial score (nSPS) is 14.8. The molecule has 0 aromatic carbocycles. The molecule has 0 saturated heterocycles. The van der Waals surface area contributed by atoms with Gasteiger partial charge in [-0.3, -0.25) is 24.0 Å². The number of carboxylic acids is 2. The van der Waals surface area contributed by atoms with Crippen molar-refractivity contribution < 1.29 is 34.2 Å². The second-order valence-corrected chi connectivity index (χ2v) is 7.54. The lowest BCUT2D eigenvalue weighted by molar-refractivity contribution is -0.142. The van der Waals surface area contributed by atoms with E-state index in [1.165, 1.54) is 18.7 Å². The molecule has 0 rings (SSSR count). The molecule has 0 aromatic rings. The van der Waals surface area contributed by atoms with Gasteiger partial charge in [0.25, 0.3) is 0 Å². The maximum atomic E-state index is 12.6. The zero-order chi connectivity index (χ0) is 22.6. The largest absolute Gasteiger partial charge is 0.481 e. The van der Waals surface area contributed by atoms with Crippen LogP contribution in [0.25, 0.3) is 0 Å². The lowest BCUT2D eigenvalue weighted by atomic mass is 10.1. The predicted octanol–water partition coefficient (Wildman–Crippen LogP) is -1.58. The van der Waals surface area contributed by atoms with Gasteiger partial charge in [0.2, 0.25) is 17.7 Å². The first kappa shape index (κ1) is 27.0. The highest BCUT2D eigenvalue weighted by Gasteiger charge is 2.29. The van der Waals surface area contributed by atoms with Crippen molar-refractivity contribution in [2.24, 2.45) is 5.73 Å². The third-order valence-corrected chi connectivity index (χ3v) is 4.82. The highest BCUT2D eigenvalue weighted by atomic mass is 32.2. The van der Waals surface area contributed by atoms with Gasteiger partial charge in [0.15, 0.2) is 0 Å². The van der Waals surface area contributed by atoms with Crippen molar-refractivity contribution in [1.29, 1.82) is 0 Å². The fourth-order valence-corrected chi connectivity index (χ4v) is 2.69. The molecule has 0 heterocycles. The molecule has 4 unspecified atom stereocenters. The number of thiol groups is 1. The van der Waals surface area contributed by atoms with Gasteiger partial charge >= 0.3 is 11.9 Å². The smallest absolute Gasteiger partial charge is 0.325 e. The Bertz CT molecular complexity index is 606. The minimum absolute atomic E-state index is 0.0689. The average Bonchev–Trinajstić information content (AvgIpc) is 2.66. The van der Waals surface area contributed by atoms with Crippen LogP contribution in [0.1, 0.15) is 26.2 Å². The predicted molar refractivity (Wildman–Crippen MR) is 111 cm³/mol. The average molecular weight is 453 g/mol. The summed E-state index contributed by atoms with van der Waals surface area (Å²) in [7, 11) is 0. The summed E-state index contributed by atoms with van der Waals surface area (Å²) < 4.78 is 0. The van der Waals surface area contributed by atoms with Gasteiger partial charge in [-0.15, -0.1) is 0 Å². The molecule has 0 aliphatic rings. The van der Waals surface area contributed by atoms with Crippen LogP contribution in [0.4, 0.5) is 0 Å². The van der Waals surface area contributed by atoms with Gasteiger partial charge < -0.3 is 31.9 Å². The Balaban J connectivity index is 5.30. The quantitative estimate of drug-likeness (QED) is 0.153. The van der Waals surface area contributed by atoms with Gasteiger partial charge in [-0.1, -0.05) is 0 Å². The van der Waals surface area contributed by atoms with Crippen molar-refractivity contribution >= 4 is 54.1 Å². The number of nitrogens with two attached hydrogens (primary N) is 1. The fourth-order valence-electron chi connectivity index (χ4n) is 2.05. The molecule has 7 N–H and O–H groups in total. The van der Waals surface area contributed by atoms with Crippen molar-refractivity contribution in [3.8, 4) is 0 Å². The van der Waals surface area contributed by atoms with Crippen LogP contribution in [-0.2, 0) is 24.0 Å². The van der Waals surface area contributed by atoms with Crippen molar-refractivity contribution in [3.05, 3.63) is 0 Å². The molecule has 0 aliphatic carbocycles. The topological polar surface area (TPSA) is 188 Å². The Morgan fingerprint density at radius 2 is 1.48 bits per heavy atom. The van der Waals surface area contributed by atoms with Crippen molar-refractivity contribution in [2.75, 3.05) is 17.8 Å². The maximum absolute atomic E-state index is 12.6. The fraction of sp³-hybridized carbons (Fsp3) is 0.688.